The first-order valence-corrected chi connectivity index (χ1v) is 7.09. The lowest BCUT2D eigenvalue weighted by molar-refractivity contribution is -0.146. The maximum Gasteiger partial charge on any atom is 0.453 e. The van der Waals surface area contributed by atoms with Crippen molar-refractivity contribution in [3.63, 3.8) is 0 Å². The van der Waals surface area contributed by atoms with E-state index in [1.807, 2.05) is 0 Å². The molecule has 0 aliphatic heterocycles. The van der Waals surface area contributed by atoms with Crippen LogP contribution in [-0.2, 0) is 12.7 Å². The fraction of sp³-hybridized carbons (Fsp3) is 0.167. The highest BCUT2D eigenvalue weighted by Gasteiger charge is 2.38. The molecule has 0 fully saturated rings. The number of alkyl halides is 3. The van der Waals surface area contributed by atoms with Crippen LogP contribution in [0, 0.1) is 11.6 Å². The number of hydrogen-bond donors (Lipinski definition) is 1. The SMILES string of the molecule is O=C(NCc1nn2c(C(F)(F)F)nnc2s1)c1ccc(F)c(F)c1. The first kappa shape index (κ1) is 16.2. The largest absolute Gasteiger partial charge is 0.453 e. The average molecular weight is 363 g/mol. The van der Waals surface area contributed by atoms with Crippen LogP contribution in [0.4, 0.5) is 22.0 Å². The summed E-state index contributed by atoms with van der Waals surface area (Å²) in [5.74, 6) is -4.28. The summed E-state index contributed by atoms with van der Waals surface area (Å²) >= 11 is 0.806. The maximum absolute atomic E-state index is 13.1. The Kier molecular flexibility index (Phi) is 3.91. The van der Waals surface area contributed by atoms with Gasteiger partial charge in [-0.1, -0.05) is 11.3 Å². The van der Waals surface area contributed by atoms with E-state index in [0.29, 0.717) is 10.6 Å². The Morgan fingerprint density at radius 2 is 1.96 bits per heavy atom. The van der Waals surface area contributed by atoms with Gasteiger partial charge in [0, 0.05) is 5.56 Å². The maximum atomic E-state index is 13.1. The zero-order valence-electron chi connectivity index (χ0n) is 11.4. The predicted molar refractivity (Wildman–Crippen MR) is 71.2 cm³/mol. The van der Waals surface area contributed by atoms with Gasteiger partial charge in [0.05, 0.1) is 6.54 Å². The van der Waals surface area contributed by atoms with Crippen molar-refractivity contribution in [1.29, 1.82) is 0 Å². The fourth-order valence-electron chi connectivity index (χ4n) is 1.80. The van der Waals surface area contributed by atoms with Crippen LogP contribution in [0.3, 0.4) is 0 Å². The molecule has 0 atom stereocenters. The van der Waals surface area contributed by atoms with Crippen LogP contribution < -0.4 is 5.32 Å². The summed E-state index contributed by atoms with van der Waals surface area (Å²) in [5.41, 5.74) is -0.132. The van der Waals surface area contributed by atoms with E-state index in [9.17, 15) is 26.7 Å². The molecule has 3 rings (SSSR count). The molecular weight excluding hydrogens is 357 g/mol. The number of halogens is 5. The van der Waals surface area contributed by atoms with Crippen LogP contribution in [0.1, 0.15) is 21.2 Å². The minimum Gasteiger partial charge on any atom is -0.345 e. The van der Waals surface area contributed by atoms with Gasteiger partial charge in [-0.15, -0.1) is 10.2 Å². The Morgan fingerprint density at radius 1 is 1.21 bits per heavy atom. The number of nitrogens with one attached hydrogen (secondary N) is 1. The van der Waals surface area contributed by atoms with E-state index in [-0.39, 0.29) is 22.1 Å². The highest BCUT2D eigenvalue weighted by molar-refractivity contribution is 7.16. The van der Waals surface area contributed by atoms with Crippen LogP contribution in [0.25, 0.3) is 4.96 Å². The summed E-state index contributed by atoms with van der Waals surface area (Å²) in [6.45, 7) is -0.205. The van der Waals surface area contributed by atoms with Crippen molar-refractivity contribution in [2.24, 2.45) is 0 Å². The molecule has 0 bridgehead atoms. The minimum atomic E-state index is -4.71. The van der Waals surface area contributed by atoms with E-state index in [2.05, 4.69) is 20.6 Å². The normalized spacial score (nSPS) is 11.9. The molecule has 0 aliphatic carbocycles. The number of carbonyl (C=O) groups excluding carboxylic acids is 1. The minimum absolute atomic E-state index is 0.0839. The van der Waals surface area contributed by atoms with E-state index in [1.165, 1.54) is 0 Å². The molecule has 12 heteroatoms. The second kappa shape index (κ2) is 5.78. The Balaban J connectivity index is 1.74. The second-order valence-corrected chi connectivity index (χ2v) is 5.56. The molecule has 0 spiro atoms. The van der Waals surface area contributed by atoms with Gasteiger partial charge in [0.25, 0.3) is 11.7 Å². The summed E-state index contributed by atoms with van der Waals surface area (Å²) in [5, 5.41) is 12.5. The molecule has 126 valence electrons. The van der Waals surface area contributed by atoms with Gasteiger partial charge in [-0.25, -0.2) is 8.78 Å². The quantitative estimate of drug-likeness (QED) is 0.726. The third-order valence-corrected chi connectivity index (χ3v) is 3.77. The molecule has 1 amide bonds. The summed E-state index contributed by atoms with van der Waals surface area (Å²) < 4.78 is 64.4. The van der Waals surface area contributed by atoms with Crippen molar-refractivity contribution in [3.05, 3.63) is 46.2 Å². The van der Waals surface area contributed by atoms with Crippen LogP contribution in [0.15, 0.2) is 18.2 Å². The molecule has 0 aliphatic rings. The van der Waals surface area contributed by atoms with Crippen molar-refractivity contribution in [1.82, 2.24) is 25.1 Å². The van der Waals surface area contributed by atoms with E-state index in [4.69, 9.17) is 0 Å². The average Bonchev–Trinajstić information content (AvgIpc) is 3.06. The summed E-state index contributed by atoms with van der Waals surface area (Å²) in [7, 11) is 0. The molecule has 6 nitrogen and oxygen atoms in total. The van der Waals surface area contributed by atoms with Gasteiger partial charge in [0.1, 0.15) is 5.01 Å². The van der Waals surface area contributed by atoms with Crippen molar-refractivity contribution < 1.29 is 26.7 Å². The molecule has 1 aromatic carbocycles. The number of nitrogens with zero attached hydrogens (tertiary/aromatic N) is 4. The number of rotatable bonds is 3. The topological polar surface area (TPSA) is 72.2 Å². The highest BCUT2D eigenvalue weighted by Crippen LogP contribution is 2.28. The Bertz CT molecular complexity index is 918. The Morgan fingerprint density at radius 3 is 2.62 bits per heavy atom. The summed E-state index contributed by atoms with van der Waals surface area (Å²) in [6.07, 6.45) is -4.71. The molecule has 2 aromatic heterocycles. The highest BCUT2D eigenvalue weighted by atomic mass is 32.1. The molecule has 0 unspecified atom stereocenters. The van der Waals surface area contributed by atoms with Crippen LogP contribution in [0.2, 0.25) is 0 Å². The summed E-state index contributed by atoms with van der Waals surface area (Å²) in [6, 6.07) is 2.59. The lowest BCUT2D eigenvalue weighted by Crippen LogP contribution is -2.23. The number of hydrogen-bond acceptors (Lipinski definition) is 5. The van der Waals surface area contributed by atoms with Gasteiger partial charge in [-0.2, -0.15) is 22.8 Å². The molecule has 2 heterocycles. The molecule has 0 radical (unpaired) electrons. The van der Waals surface area contributed by atoms with Crippen LogP contribution >= 0.6 is 11.3 Å². The zero-order chi connectivity index (χ0) is 17.5. The second-order valence-electron chi connectivity index (χ2n) is 4.52. The number of fused-ring (bicyclic) bond motifs is 1. The van der Waals surface area contributed by atoms with Gasteiger partial charge < -0.3 is 5.32 Å². The van der Waals surface area contributed by atoms with Crippen LogP contribution in [-0.4, -0.2) is 25.7 Å². The third kappa shape index (κ3) is 3.04. The molecular formula is C12H6F5N5OS. The third-order valence-electron chi connectivity index (χ3n) is 2.87. The molecule has 3 aromatic rings. The lowest BCUT2D eigenvalue weighted by atomic mass is 10.2. The molecule has 0 saturated heterocycles. The lowest BCUT2D eigenvalue weighted by Gasteiger charge is -2.03. The monoisotopic (exact) mass is 363 g/mol. The van der Waals surface area contributed by atoms with Gasteiger partial charge in [-0.3, -0.25) is 4.79 Å². The summed E-state index contributed by atoms with van der Waals surface area (Å²) in [4.78, 5) is 11.7. The number of carbonyl (C=O) groups is 1. The van der Waals surface area contributed by atoms with Crippen molar-refractivity contribution in [2.75, 3.05) is 0 Å². The smallest absolute Gasteiger partial charge is 0.345 e. The van der Waals surface area contributed by atoms with Gasteiger partial charge in [0.15, 0.2) is 11.6 Å². The Hall–Kier alpha value is -2.63. The Labute approximate surface area is 133 Å². The van der Waals surface area contributed by atoms with Crippen molar-refractivity contribution >= 4 is 22.2 Å². The standard InChI is InChI=1S/C12H6F5N5OS/c13-6-2-1-5(3-7(6)14)9(23)18-4-8-21-22-10(12(15,16)17)19-20-11(22)24-8/h1-3H,4H2,(H,18,23). The predicted octanol–water partition coefficient (Wildman–Crippen LogP) is 2.41. The fourth-order valence-corrected chi connectivity index (χ4v) is 2.57. The van der Waals surface area contributed by atoms with Gasteiger partial charge >= 0.3 is 6.18 Å². The zero-order valence-corrected chi connectivity index (χ0v) is 12.3. The van der Waals surface area contributed by atoms with Crippen molar-refractivity contribution in [2.45, 2.75) is 12.7 Å². The first-order chi connectivity index (χ1) is 11.3. The van der Waals surface area contributed by atoms with E-state index in [0.717, 1.165) is 23.5 Å². The van der Waals surface area contributed by atoms with Crippen LogP contribution in [0.5, 0.6) is 0 Å². The number of benzene rings is 1. The van der Waals surface area contributed by atoms with Gasteiger partial charge in [0.2, 0.25) is 4.96 Å². The van der Waals surface area contributed by atoms with Gasteiger partial charge in [-0.05, 0) is 18.2 Å². The first-order valence-electron chi connectivity index (χ1n) is 6.27. The van der Waals surface area contributed by atoms with E-state index in [1.54, 1.807) is 0 Å². The molecule has 0 saturated carbocycles. The number of aromatic nitrogens is 4. The number of amides is 1. The van der Waals surface area contributed by atoms with E-state index >= 15 is 0 Å². The van der Waals surface area contributed by atoms with Crippen molar-refractivity contribution in [3.8, 4) is 0 Å². The molecule has 24 heavy (non-hydrogen) atoms. The van der Waals surface area contributed by atoms with E-state index < -0.39 is 29.5 Å². The molecule has 1 N–H and O–H groups in total.